The normalized spacial score (nSPS) is 16.2. The molecule has 3 nitrogen and oxygen atoms in total. The van der Waals surface area contributed by atoms with E-state index in [4.69, 9.17) is 4.74 Å². The van der Waals surface area contributed by atoms with E-state index in [0.29, 0.717) is 17.9 Å². The maximum Gasteiger partial charge on any atom is 0.471 e. The quantitative estimate of drug-likeness (QED) is 0.899. The summed E-state index contributed by atoms with van der Waals surface area (Å²) in [5, 5.41) is 1.97. The van der Waals surface area contributed by atoms with Gasteiger partial charge in [-0.1, -0.05) is 12.1 Å². The average Bonchev–Trinajstić information content (AvgIpc) is 2.36. The largest absolute Gasteiger partial charge is 0.493 e. The molecule has 0 aromatic heterocycles. The number of carbonyl (C=O) groups excluding carboxylic acids is 1. The van der Waals surface area contributed by atoms with Crippen molar-refractivity contribution in [3.8, 4) is 5.75 Å². The minimum Gasteiger partial charge on any atom is -0.493 e. The minimum atomic E-state index is -4.86. The van der Waals surface area contributed by atoms with Crippen LogP contribution in [0.4, 0.5) is 13.2 Å². The molecular formula is C13H14F3NO2. The molecule has 1 N–H and O–H groups in total. The number of alkyl halides is 3. The van der Waals surface area contributed by atoms with E-state index in [1.165, 1.54) is 6.92 Å². The fraction of sp³-hybridized carbons (Fsp3) is 0.462. The zero-order chi connectivity index (χ0) is 14.0. The zero-order valence-corrected chi connectivity index (χ0v) is 10.4. The van der Waals surface area contributed by atoms with Crippen LogP contribution in [0, 0.1) is 0 Å². The number of ether oxygens (including phenoxy) is 1. The summed E-state index contributed by atoms with van der Waals surface area (Å²) in [5.74, 6) is -1.23. The minimum absolute atomic E-state index is 0.611. The molecular weight excluding hydrogens is 259 g/mol. The molecule has 0 bridgehead atoms. The Hall–Kier alpha value is -1.72. The Bertz CT molecular complexity index is 485. The highest BCUT2D eigenvalue weighted by molar-refractivity contribution is 5.82. The molecule has 0 fully saturated rings. The Morgan fingerprint density at radius 3 is 2.84 bits per heavy atom. The van der Waals surface area contributed by atoms with Crippen LogP contribution in [0.25, 0.3) is 0 Å². The Labute approximate surface area is 108 Å². The average molecular weight is 273 g/mol. The summed E-state index contributed by atoms with van der Waals surface area (Å²) in [6, 6.07) is 4.52. The van der Waals surface area contributed by atoms with Gasteiger partial charge in [0.15, 0.2) is 0 Å². The van der Waals surface area contributed by atoms with Gasteiger partial charge < -0.3 is 10.1 Å². The predicted molar refractivity (Wildman–Crippen MR) is 62.9 cm³/mol. The second-order valence-corrected chi connectivity index (χ2v) is 4.47. The van der Waals surface area contributed by atoms with Crippen LogP contribution in [0.5, 0.6) is 5.75 Å². The first-order chi connectivity index (χ1) is 8.89. The highest BCUT2D eigenvalue weighted by atomic mass is 19.4. The third-order valence-electron chi connectivity index (χ3n) is 3.07. The molecule has 0 spiro atoms. The lowest BCUT2D eigenvalue weighted by Gasteiger charge is -2.24. The summed E-state index contributed by atoms with van der Waals surface area (Å²) < 4.78 is 42.1. The van der Waals surface area contributed by atoms with Crippen LogP contribution in [-0.2, 0) is 11.2 Å². The van der Waals surface area contributed by atoms with E-state index in [0.717, 1.165) is 18.4 Å². The molecule has 1 amide bonds. The van der Waals surface area contributed by atoms with Crippen LogP contribution in [0.3, 0.4) is 0 Å². The number of nitrogens with one attached hydrogen (secondary N) is 1. The first-order valence-corrected chi connectivity index (χ1v) is 6.02. The molecule has 0 radical (unpaired) electrons. The summed E-state index contributed by atoms with van der Waals surface area (Å²) >= 11 is 0. The monoisotopic (exact) mass is 273 g/mol. The van der Waals surface area contributed by atoms with E-state index in [2.05, 4.69) is 0 Å². The molecule has 1 heterocycles. The van der Waals surface area contributed by atoms with Gasteiger partial charge in [0.1, 0.15) is 5.75 Å². The third kappa shape index (κ3) is 3.00. The van der Waals surface area contributed by atoms with Crippen LogP contribution in [0.2, 0.25) is 0 Å². The van der Waals surface area contributed by atoms with Crippen LogP contribution in [0.1, 0.15) is 30.5 Å². The van der Waals surface area contributed by atoms with Crippen molar-refractivity contribution < 1.29 is 22.7 Å². The second-order valence-electron chi connectivity index (χ2n) is 4.47. The van der Waals surface area contributed by atoms with Crippen molar-refractivity contribution in [3.63, 3.8) is 0 Å². The van der Waals surface area contributed by atoms with Gasteiger partial charge in [0.25, 0.3) is 0 Å². The Morgan fingerprint density at radius 1 is 1.42 bits per heavy atom. The highest BCUT2D eigenvalue weighted by Gasteiger charge is 2.39. The van der Waals surface area contributed by atoms with Crippen molar-refractivity contribution in [2.24, 2.45) is 0 Å². The lowest BCUT2D eigenvalue weighted by atomic mass is 9.95. The van der Waals surface area contributed by atoms with Gasteiger partial charge in [-0.15, -0.1) is 0 Å². The first kappa shape index (κ1) is 13.7. The number of carbonyl (C=O) groups is 1. The van der Waals surface area contributed by atoms with Crippen LogP contribution >= 0.6 is 0 Å². The molecule has 0 saturated carbocycles. The van der Waals surface area contributed by atoms with E-state index < -0.39 is 18.1 Å². The number of rotatable bonds is 2. The third-order valence-corrected chi connectivity index (χ3v) is 3.07. The van der Waals surface area contributed by atoms with E-state index in [9.17, 15) is 18.0 Å². The smallest absolute Gasteiger partial charge is 0.471 e. The van der Waals surface area contributed by atoms with Gasteiger partial charge in [-0.2, -0.15) is 13.2 Å². The van der Waals surface area contributed by atoms with Crippen molar-refractivity contribution in [3.05, 3.63) is 29.3 Å². The summed E-state index contributed by atoms with van der Waals surface area (Å²) in [6.07, 6.45) is -3.29. The van der Waals surface area contributed by atoms with Crippen molar-refractivity contribution in [1.29, 1.82) is 0 Å². The first-order valence-electron chi connectivity index (χ1n) is 6.02. The molecule has 19 heavy (non-hydrogen) atoms. The number of halogens is 3. The molecule has 1 aromatic rings. The molecule has 1 aromatic carbocycles. The van der Waals surface area contributed by atoms with Gasteiger partial charge >= 0.3 is 12.1 Å². The van der Waals surface area contributed by atoms with Crippen LogP contribution in [-0.4, -0.2) is 18.7 Å². The predicted octanol–water partition coefficient (Wildman–Crippen LogP) is 2.75. The Morgan fingerprint density at radius 2 is 2.16 bits per heavy atom. The van der Waals surface area contributed by atoms with Crippen LogP contribution < -0.4 is 10.1 Å². The summed E-state index contributed by atoms with van der Waals surface area (Å²) in [4.78, 5) is 10.9. The SMILES string of the molecule is CC(NC(=O)C(F)(F)F)c1cccc2c1CCCO2. The topological polar surface area (TPSA) is 38.3 Å². The van der Waals surface area contributed by atoms with E-state index in [1.54, 1.807) is 18.2 Å². The maximum atomic E-state index is 12.2. The molecule has 6 heteroatoms. The lowest BCUT2D eigenvalue weighted by Crippen LogP contribution is -2.38. The number of fused-ring (bicyclic) bond motifs is 1. The molecule has 0 aliphatic carbocycles. The molecule has 2 rings (SSSR count). The summed E-state index contributed by atoms with van der Waals surface area (Å²) in [7, 11) is 0. The number of amides is 1. The lowest BCUT2D eigenvalue weighted by molar-refractivity contribution is -0.174. The Balaban J connectivity index is 2.20. The van der Waals surface area contributed by atoms with Gasteiger partial charge in [0.05, 0.1) is 12.6 Å². The summed E-state index contributed by atoms with van der Waals surface area (Å²) in [6.45, 7) is 2.15. The van der Waals surface area contributed by atoms with Gasteiger partial charge in [-0.25, -0.2) is 0 Å². The fourth-order valence-corrected chi connectivity index (χ4v) is 2.18. The zero-order valence-electron chi connectivity index (χ0n) is 10.4. The molecule has 1 atom stereocenters. The maximum absolute atomic E-state index is 12.2. The fourth-order valence-electron chi connectivity index (χ4n) is 2.18. The highest BCUT2D eigenvalue weighted by Crippen LogP contribution is 2.31. The van der Waals surface area contributed by atoms with Gasteiger partial charge in [-0.05, 0) is 37.0 Å². The Kier molecular flexibility index (Phi) is 3.68. The van der Waals surface area contributed by atoms with E-state index >= 15 is 0 Å². The summed E-state index contributed by atoms with van der Waals surface area (Å²) in [5.41, 5.74) is 1.55. The van der Waals surface area contributed by atoms with E-state index in [1.807, 2.05) is 5.32 Å². The molecule has 1 unspecified atom stereocenters. The number of hydrogen-bond donors (Lipinski definition) is 1. The van der Waals surface area contributed by atoms with Crippen LogP contribution in [0.15, 0.2) is 18.2 Å². The van der Waals surface area contributed by atoms with Crippen molar-refractivity contribution in [1.82, 2.24) is 5.32 Å². The van der Waals surface area contributed by atoms with Gasteiger partial charge in [0, 0.05) is 0 Å². The number of hydrogen-bond acceptors (Lipinski definition) is 2. The standard InChI is InChI=1S/C13H14F3NO2/c1-8(17-12(18)13(14,15)16)9-4-2-6-11-10(9)5-3-7-19-11/h2,4,6,8H,3,5,7H2,1H3,(H,17,18). The van der Waals surface area contributed by atoms with Crippen molar-refractivity contribution in [2.75, 3.05) is 6.61 Å². The van der Waals surface area contributed by atoms with Crippen molar-refractivity contribution in [2.45, 2.75) is 32.0 Å². The molecule has 0 saturated heterocycles. The van der Waals surface area contributed by atoms with Gasteiger partial charge in [-0.3, -0.25) is 4.79 Å². The molecule has 104 valence electrons. The van der Waals surface area contributed by atoms with Crippen molar-refractivity contribution >= 4 is 5.91 Å². The van der Waals surface area contributed by atoms with Gasteiger partial charge in [0.2, 0.25) is 0 Å². The molecule has 1 aliphatic rings. The number of benzene rings is 1. The molecule has 1 aliphatic heterocycles. The van der Waals surface area contributed by atoms with E-state index in [-0.39, 0.29) is 0 Å². The second kappa shape index (κ2) is 5.11.